The van der Waals surface area contributed by atoms with Gasteiger partial charge in [-0.3, -0.25) is 14.4 Å². The van der Waals surface area contributed by atoms with Gasteiger partial charge < -0.3 is 14.4 Å². The summed E-state index contributed by atoms with van der Waals surface area (Å²) < 4.78 is 9.60. The molecule has 0 atom stereocenters. The number of carbonyl (C=O) groups excluding carboxylic acids is 3. The molecule has 0 aliphatic carbocycles. The zero-order valence-electron chi connectivity index (χ0n) is 13.0. The Balaban J connectivity index is 4.61. The molecule has 0 fully saturated rings. The van der Waals surface area contributed by atoms with Gasteiger partial charge in [0.2, 0.25) is 5.91 Å². The Morgan fingerprint density at radius 2 is 1.45 bits per heavy atom. The second-order valence-corrected chi connectivity index (χ2v) is 5.25. The number of hydrogen-bond donors (Lipinski definition) is 0. The smallest absolute Gasteiger partial charge is 0.315 e. The summed E-state index contributed by atoms with van der Waals surface area (Å²) in [5.41, 5.74) is -0.476. The lowest BCUT2D eigenvalue weighted by Crippen LogP contribution is -2.47. The highest BCUT2D eigenvalue weighted by Gasteiger charge is 2.28. The van der Waals surface area contributed by atoms with Crippen LogP contribution in [-0.2, 0) is 23.9 Å². The second-order valence-electron chi connectivity index (χ2n) is 5.25. The van der Waals surface area contributed by atoms with Gasteiger partial charge >= 0.3 is 11.9 Å². The summed E-state index contributed by atoms with van der Waals surface area (Å²) in [7, 11) is 0. The third kappa shape index (κ3) is 7.11. The van der Waals surface area contributed by atoms with Crippen LogP contribution in [0, 0.1) is 0 Å². The monoisotopic (exact) mass is 287 g/mol. The molecule has 6 nitrogen and oxygen atoms in total. The fourth-order valence-corrected chi connectivity index (χ4v) is 1.70. The first-order valence-corrected chi connectivity index (χ1v) is 6.84. The van der Waals surface area contributed by atoms with E-state index < -0.39 is 11.5 Å². The minimum Gasteiger partial charge on any atom is -0.466 e. The fourth-order valence-electron chi connectivity index (χ4n) is 1.70. The van der Waals surface area contributed by atoms with Crippen LogP contribution in [0.2, 0.25) is 0 Å². The molecule has 0 aromatic heterocycles. The van der Waals surface area contributed by atoms with E-state index in [0.717, 1.165) is 0 Å². The molecule has 0 bridgehead atoms. The lowest BCUT2D eigenvalue weighted by Gasteiger charge is -2.35. The summed E-state index contributed by atoms with van der Waals surface area (Å²) in [5, 5.41) is 0. The number of hydrogen-bond acceptors (Lipinski definition) is 5. The first-order chi connectivity index (χ1) is 9.22. The summed E-state index contributed by atoms with van der Waals surface area (Å²) in [6.07, 6.45) is -0.201. The quantitative estimate of drug-likeness (QED) is 0.524. The molecule has 6 heteroatoms. The highest BCUT2D eigenvalue weighted by molar-refractivity contribution is 5.94. The number of rotatable bonds is 7. The van der Waals surface area contributed by atoms with Crippen LogP contribution in [0.25, 0.3) is 0 Å². The minimum atomic E-state index is -0.553. The molecule has 0 aliphatic rings. The van der Waals surface area contributed by atoms with E-state index in [-0.39, 0.29) is 37.9 Å². The van der Waals surface area contributed by atoms with Gasteiger partial charge in [0.1, 0.15) is 6.42 Å². The Kier molecular flexibility index (Phi) is 7.87. The summed E-state index contributed by atoms with van der Waals surface area (Å²) in [6.45, 7) is 9.73. The van der Waals surface area contributed by atoms with E-state index in [1.165, 1.54) is 4.90 Å². The number of nitrogens with zero attached hydrogens (tertiary/aromatic N) is 1. The van der Waals surface area contributed by atoms with Crippen molar-refractivity contribution in [2.75, 3.05) is 19.8 Å². The first-order valence-electron chi connectivity index (χ1n) is 6.84. The zero-order valence-corrected chi connectivity index (χ0v) is 13.0. The van der Waals surface area contributed by atoms with Crippen molar-refractivity contribution in [1.29, 1.82) is 0 Å². The maximum atomic E-state index is 12.1. The lowest BCUT2D eigenvalue weighted by molar-refractivity contribution is -0.150. The van der Waals surface area contributed by atoms with Crippen molar-refractivity contribution in [2.45, 2.75) is 53.0 Å². The number of esters is 2. The molecule has 1 amide bonds. The third-order valence-corrected chi connectivity index (χ3v) is 2.56. The van der Waals surface area contributed by atoms with Gasteiger partial charge in [-0.15, -0.1) is 0 Å². The molecule has 0 saturated heterocycles. The maximum absolute atomic E-state index is 12.1. The Morgan fingerprint density at radius 3 is 1.90 bits per heavy atom. The fraction of sp³-hybridized carbons (Fsp3) is 0.786. The molecule has 0 spiro atoms. The van der Waals surface area contributed by atoms with Crippen molar-refractivity contribution in [2.24, 2.45) is 0 Å². The van der Waals surface area contributed by atoms with Crippen molar-refractivity contribution in [3.05, 3.63) is 0 Å². The van der Waals surface area contributed by atoms with Gasteiger partial charge in [-0.1, -0.05) is 0 Å². The van der Waals surface area contributed by atoms with Crippen LogP contribution in [0.5, 0.6) is 0 Å². The topological polar surface area (TPSA) is 72.9 Å². The largest absolute Gasteiger partial charge is 0.466 e. The SMILES string of the molecule is CCOC(=O)CCN(C(=O)CC(=O)OCC)C(C)(C)C. The van der Waals surface area contributed by atoms with E-state index in [0.29, 0.717) is 6.61 Å². The molecule has 0 N–H and O–H groups in total. The molecule has 0 heterocycles. The lowest BCUT2D eigenvalue weighted by atomic mass is 10.0. The Bertz CT molecular complexity index is 346. The van der Waals surface area contributed by atoms with Gasteiger partial charge in [0, 0.05) is 12.1 Å². The van der Waals surface area contributed by atoms with E-state index >= 15 is 0 Å². The van der Waals surface area contributed by atoms with E-state index in [1.807, 2.05) is 20.8 Å². The summed E-state index contributed by atoms with van der Waals surface area (Å²) in [5.74, 6) is -1.26. The van der Waals surface area contributed by atoms with Gasteiger partial charge in [0.15, 0.2) is 0 Å². The molecule has 0 aromatic rings. The van der Waals surface area contributed by atoms with E-state index in [4.69, 9.17) is 9.47 Å². The van der Waals surface area contributed by atoms with Crippen LogP contribution in [0.3, 0.4) is 0 Å². The summed E-state index contributed by atoms with van der Waals surface area (Å²) in [6, 6.07) is 0. The molecule has 0 saturated carbocycles. The zero-order chi connectivity index (χ0) is 15.8. The molecular weight excluding hydrogens is 262 g/mol. The Hall–Kier alpha value is -1.59. The van der Waals surface area contributed by atoms with Gasteiger partial charge in [0.25, 0.3) is 0 Å². The molecular formula is C14H25NO5. The third-order valence-electron chi connectivity index (χ3n) is 2.56. The normalized spacial score (nSPS) is 10.8. The average molecular weight is 287 g/mol. The molecule has 0 aromatic carbocycles. The standard InChI is InChI=1S/C14H25NO5/c1-6-19-12(17)8-9-15(14(3,4)5)11(16)10-13(18)20-7-2/h6-10H2,1-5H3. The van der Waals surface area contributed by atoms with Crippen LogP contribution < -0.4 is 0 Å². The van der Waals surface area contributed by atoms with Crippen LogP contribution in [-0.4, -0.2) is 48.0 Å². The van der Waals surface area contributed by atoms with Crippen molar-refractivity contribution in [1.82, 2.24) is 4.90 Å². The highest BCUT2D eigenvalue weighted by Crippen LogP contribution is 2.15. The van der Waals surface area contributed by atoms with Gasteiger partial charge in [-0.25, -0.2) is 0 Å². The highest BCUT2D eigenvalue weighted by atomic mass is 16.5. The Morgan fingerprint density at radius 1 is 0.950 bits per heavy atom. The summed E-state index contributed by atoms with van der Waals surface area (Å²) in [4.78, 5) is 36.4. The molecule has 116 valence electrons. The van der Waals surface area contributed by atoms with Crippen LogP contribution in [0.15, 0.2) is 0 Å². The predicted octanol–water partition coefficient (Wildman–Crippen LogP) is 1.52. The molecule has 0 unspecified atom stereocenters. The maximum Gasteiger partial charge on any atom is 0.315 e. The van der Waals surface area contributed by atoms with Gasteiger partial charge in [-0.2, -0.15) is 0 Å². The van der Waals surface area contributed by atoms with E-state index in [2.05, 4.69) is 0 Å². The van der Waals surface area contributed by atoms with E-state index in [1.54, 1.807) is 13.8 Å². The Labute approximate surface area is 120 Å². The van der Waals surface area contributed by atoms with Crippen LogP contribution >= 0.6 is 0 Å². The first kappa shape index (κ1) is 18.4. The van der Waals surface area contributed by atoms with Gasteiger partial charge in [-0.05, 0) is 34.6 Å². The van der Waals surface area contributed by atoms with Crippen LogP contribution in [0.1, 0.15) is 47.5 Å². The molecule has 0 aliphatic heterocycles. The van der Waals surface area contributed by atoms with Crippen molar-refractivity contribution in [3.63, 3.8) is 0 Å². The summed E-state index contributed by atoms with van der Waals surface area (Å²) >= 11 is 0. The number of carbonyl (C=O) groups is 3. The van der Waals surface area contributed by atoms with Gasteiger partial charge in [0.05, 0.1) is 19.6 Å². The average Bonchev–Trinajstić information content (AvgIpc) is 2.27. The van der Waals surface area contributed by atoms with Crippen molar-refractivity contribution >= 4 is 17.8 Å². The number of amides is 1. The van der Waals surface area contributed by atoms with Crippen molar-refractivity contribution < 1.29 is 23.9 Å². The second kappa shape index (κ2) is 8.55. The van der Waals surface area contributed by atoms with E-state index in [9.17, 15) is 14.4 Å². The molecule has 0 radical (unpaired) electrons. The molecule has 0 rings (SSSR count). The number of ether oxygens (including phenoxy) is 2. The molecule has 20 heavy (non-hydrogen) atoms. The van der Waals surface area contributed by atoms with Crippen molar-refractivity contribution in [3.8, 4) is 0 Å². The predicted molar refractivity (Wildman–Crippen MR) is 74.0 cm³/mol. The minimum absolute atomic E-state index is 0.111. The van der Waals surface area contributed by atoms with Crippen LogP contribution in [0.4, 0.5) is 0 Å².